The number of carbonyl (C=O) groups is 1. The first-order valence-corrected chi connectivity index (χ1v) is 4.63. The van der Waals surface area contributed by atoms with Gasteiger partial charge in [0.25, 0.3) is 0 Å². The van der Waals surface area contributed by atoms with E-state index in [4.69, 9.17) is 5.73 Å². The van der Waals surface area contributed by atoms with Crippen molar-refractivity contribution < 1.29 is 4.79 Å². The maximum absolute atomic E-state index is 10.8. The molecule has 3 nitrogen and oxygen atoms in total. The summed E-state index contributed by atoms with van der Waals surface area (Å²) in [4.78, 5) is 14.8. The molecular weight excluding hydrogens is 267 g/mol. The highest BCUT2D eigenvalue weighted by molar-refractivity contribution is 14.1. The maximum atomic E-state index is 10.8. The van der Waals surface area contributed by atoms with Crippen molar-refractivity contribution in [1.82, 2.24) is 4.98 Å². The van der Waals surface area contributed by atoms with Crippen LogP contribution in [0.2, 0.25) is 0 Å². The smallest absolute Gasteiger partial charge is 0.209 e. The molecule has 0 radical (unpaired) electrons. The first-order valence-electron chi connectivity index (χ1n) is 3.55. The maximum Gasteiger partial charge on any atom is 0.209 e. The van der Waals surface area contributed by atoms with Crippen molar-refractivity contribution >= 4 is 26.4 Å². The van der Waals surface area contributed by atoms with Gasteiger partial charge in [0.1, 0.15) is 0 Å². The summed E-state index contributed by atoms with van der Waals surface area (Å²) in [5.74, 6) is 0. The van der Waals surface area contributed by atoms with Gasteiger partial charge in [0, 0.05) is 40.9 Å². The van der Waals surface area contributed by atoms with Crippen molar-refractivity contribution in [2.45, 2.75) is 12.5 Å². The van der Waals surface area contributed by atoms with Crippen LogP contribution in [0.1, 0.15) is 5.69 Å². The van der Waals surface area contributed by atoms with Crippen molar-refractivity contribution in [3.63, 3.8) is 0 Å². The largest absolute Gasteiger partial charge is 0.320 e. The molecule has 0 aromatic carbocycles. The number of rotatable bonds is 3. The number of carbonyl (C=O) groups excluding carboxylic acids is 1. The second-order valence-corrected chi connectivity index (χ2v) is 3.50. The lowest BCUT2D eigenvalue weighted by Gasteiger charge is -2.04. The Morgan fingerprint density at radius 3 is 2.92 bits per heavy atom. The van der Waals surface area contributed by atoms with E-state index in [2.05, 4.69) is 4.98 Å². The summed E-state index contributed by atoms with van der Waals surface area (Å²) in [6.07, 6.45) is 2.21. The molecule has 1 rings (SSSR count). The van der Waals surface area contributed by atoms with E-state index >= 15 is 0 Å². The van der Waals surface area contributed by atoms with Gasteiger partial charge in [-0.05, 0) is 12.1 Å². The summed E-state index contributed by atoms with van der Waals surface area (Å²) in [5.41, 5.74) is 6.41. The normalized spacial score (nSPS) is 12.5. The van der Waals surface area contributed by atoms with Crippen LogP contribution in [0.4, 0.5) is 0 Å². The van der Waals surface area contributed by atoms with Crippen LogP contribution in [-0.2, 0) is 11.2 Å². The minimum Gasteiger partial charge on any atom is -0.320 e. The molecule has 0 fully saturated rings. The first kappa shape index (κ1) is 9.60. The molecule has 0 aliphatic heterocycles. The molecule has 0 bridgehead atoms. The van der Waals surface area contributed by atoms with Crippen LogP contribution in [-0.4, -0.2) is 14.8 Å². The Labute approximate surface area is 84.5 Å². The molecule has 0 saturated carbocycles. The van der Waals surface area contributed by atoms with Gasteiger partial charge in [-0.25, -0.2) is 0 Å². The van der Waals surface area contributed by atoms with Crippen molar-refractivity contribution in [3.05, 3.63) is 30.1 Å². The van der Waals surface area contributed by atoms with E-state index in [1.54, 1.807) is 28.8 Å². The van der Waals surface area contributed by atoms with Crippen LogP contribution in [0, 0.1) is 0 Å². The zero-order valence-electron chi connectivity index (χ0n) is 6.40. The number of nitrogens with zero attached hydrogens (tertiary/aromatic N) is 1. The fourth-order valence-corrected chi connectivity index (χ4v) is 1.04. The lowest BCUT2D eigenvalue weighted by Crippen LogP contribution is -2.29. The van der Waals surface area contributed by atoms with Gasteiger partial charge in [0.15, 0.2) is 0 Å². The quantitative estimate of drug-likeness (QED) is 0.659. The molecular formula is C8H9IN2O. The van der Waals surface area contributed by atoms with E-state index in [0.717, 1.165) is 5.69 Å². The predicted molar refractivity (Wildman–Crippen MR) is 54.9 cm³/mol. The molecule has 0 spiro atoms. The van der Waals surface area contributed by atoms with Crippen LogP contribution in [0.25, 0.3) is 0 Å². The van der Waals surface area contributed by atoms with Crippen molar-refractivity contribution in [2.75, 3.05) is 0 Å². The van der Waals surface area contributed by atoms with Gasteiger partial charge in [-0.3, -0.25) is 9.78 Å². The molecule has 0 saturated heterocycles. The molecule has 1 atom stereocenters. The van der Waals surface area contributed by atoms with Gasteiger partial charge in [-0.2, -0.15) is 0 Å². The summed E-state index contributed by atoms with van der Waals surface area (Å²) < 4.78 is -0.0294. The molecule has 4 heteroatoms. The Balaban J connectivity index is 2.58. The average Bonchev–Trinajstić information content (AvgIpc) is 2.06. The van der Waals surface area contributed by atoms with Gasteiger partial charge in [-0.15, -0.1) is 0 Å². The molecule has 1 aromatic rings. The third-order valence-electron chi connectivity index (χ3n) is 1.45. The van der Waals surface area contributed by atoms with Crippen molar-refractivity contribution in [2.24, 2.45) is 5.73 Å². The van der Waals surface area contributed by atoms with Crippen molar-refractivity contribution in [1.29, 1.82) is 0 Å². The van der Waals surface area contributed by atoms with Gasteiger partial charge >= 0.3 is 0 Å². The number of nitrogens with two attached hydrogens (primary N) is 1. The number of halogens is 1. The summed E-state index contributed by atoms with van der Waals surface area (Å²) in [6, 6.07) is 5.15. The molecule has 0 aliphatic rings. The Bertz CT molecular complexity index is 263. The highest BCUT2D eigenvalue weighted by Gasteiger charge is 2.10. The fraction of sp³-hybridized carbons (Fsp3) is 0.250. The number of pyridine rings is 1. The highest BCUT2D eigenvalue weighted by atomic mass is 127. The number of hydrogen-bond donors (Lipinski definition) is 1. The summed E-state index contributed by atoms with van der Waals surface area (Å²) in [7, 11) is 0. The second kappa shape index (κ2) is 4.51. The van der Waals surface area contributed by atoms with Crippen LogP contribution < -0.4 is 5.73 Å². The Kier molecular flexibility index (Phi) is 3.61. The predicted octanol–water partition coefficient (Wildman–Crippen LogP) is 0.913. The third-order valence-corrected chi connectivity index (χ3v) is 2.25. The Morgan fingerprint density at radius 2 is 2.42 bits per heavy atom. The average molecular weight is 276 g/mol. The van der Waals surface area contributed by atoms with E-state index in [0.29, 0.717) is 6.42 Å². The number of hydrogen-bond acceptors (Lipinski definition) is 3. The first-order chi connectivity index (χ1) is 5.70. The topological polar surface area (TPSA) is 56.0 Å². The van der Waals surface area contributed by atoms with Crippen molar-refractivity contribution in [3.8, 4) is 0 Å². The molecule has 12 heavy (non-hydrogen) atoms. The SMILES string of the molecule is N[C@H](Cc1ccccn1)C(=O)I. The van der Waals surface area contributed by atoms with Gasteiger partial charge in [0.2, 0.25) is 3.79 Å². The fourth-order valence-electron chi connectivity index (χ4n) is 0.824. The standard InChI is InChI=1S/C8H9IN2O/c9-8(12)7(10)5-6-3-1-2-4-11-6/h1-4,7H,5,10H2/t7-/m1/s1. The molecule has 0 aliphatic carbocycles. The monoisotopic (exact) mass is 276 g/mol. The van der Waals surface area contributed by atoms with Gasteiger partial charge < -0.3 is 5.73 Å². The molecule has 1 aromatic heterocycles. The minimum atomic E-state index is -0.430. The lowest BCUT2D eigenvalue weighted by atomic mass is 10.2. The zero-order chi connectivity index (χ0) is 8.97. The van der Waals surface area contributed by atoms with E-state index < -0.39 is 6.04 Å². The Morgan fingerprint density at radius 1 is 1.67 bits per heavy atom. The van der Waals surface area contributed by atoms with Crippen LogP contribution >= 0.6 is 22.6 Å². The van der Waals surface area contributed by atoms with E-state index in [9.17, 15) is 4.79 Å². The summed E-state index contributed by atoms with van der Waals surface area (Å²) >= 11 is 1.70. The van der Waals surface area contributed by atoms with E-state index in [1.165, 1.54) is 0 Å². The zero-order valence-corrected chi connectivity index (χ0v) is 8.56. The molecule has 1 heterocycles. The van der Waals surface area contributed by atoms with E-state index in [1.807, 2.05) is 18.2 Å². The molecule has 0 amide bonds. The highest BCUT2D eigenvalue weighted by Crippen LogP contribution is 2.01. The van der Waals surface area contributed by atoms with Crippen LogP contribution in [0.15, 0.2) is 24.4 Å². The Hall–Kier alpha value is -0.490. The second-order valence-electron chi connectivity index (χ2n) is 2.44. The van der Waals surface area contributed by atoms with E-state index in [-0.39, 0.29) is 3.79 Å². The van der Waals surface area contributed by atoms with Crippen LogP contribution in [0.5, 0.6) is 0 Å². The molecule has 64 valence electrons. The minimum absolute atomic E-state index is 0.0294. The lowest BCUT2D eigenvalue weighted by molar-refractivity contribution is -0.110. The summed E-state index contributed by atoms with van der Waals surface area (Å²) in [5, 5.41) is 0. The summed E-state index contributed by atoms with van der Waals surface area (Å²) in [6.45, 7) is 0. The third kappa shape index (κ3) is 2.86. The molecule has 0 unspecified atom stereocenters. The van der Waals surface area contributed by atoms with Crippen LogP contribution in [0.3, 0.4) is 0 Å². The number of aromatic nitrogens is 1. The van der Waals surface area contributed by atoms with Gasteiger partial charge in [0.05, 0.1) is 6.04 Å². The van der Waals surface area contributed by atoms with Gasteiger partial charge in [-0.1, -0.05) is 6.07 Å². The molecule has 2 N–H and O–H groups in total.